The van der Waals surface area contributed by atoms with Crippen LogP contribution in [0.25, 0.3) is 0 Å². The van der Waals surface area contributed by atoms with E-state index < -0.39 is 5.97 Å². The molecule has 1 heterocycles. The summed E-state index contributed by atoms with van der Waals surface area (Å²) in [6, 6.07) is 1.39. The highest BCUT2D eigenvalue weighted by Crippen LogP contribution is 2.04. The molecule has 6 heteroatoms. The molecule has 1 unspecified atom stereocenters. The summed E-state index contributed by atoms with van der Waals surface area (Å²) >= 11 is 0. The van der Waals surface area contributed by atoms with E-state index in [1.54, 1.807) is 0 Å². The quantitative estimate of drug-likeness (QED) is 0.628. The maximum atomic E-state index is 10.5. The summed E-state index contributed by atoms with van der Waals surface area (Å²) in [5.74, 6) is -0.232. The Balaban J connectivity index is 2.29. The van der Waals surface area contributed by atoms with Crippen molar-refractivity contribution in [2.45, 2.75) is 19.9 Å². The highest BCUT2D eigenvalue weighted by Gasteiger charge is 2.10. The lowest BCUT2D eigenvalue weighted by molar-refractivity contribution is 0.0685. The van der Waals surface area contributed by atoms with Gasteiger partial charge in [0.25, 0.3) is 0 Å². The number of carboxylic acids is 1. The molecule has 0 radical (unpaired) electrons. The molecular weight excluding hydrogens is 212 g/mol. The Bertz CT molecular complexity index is 337. The molecule has 0 spiro atoms. The zero-order chi connectivity index (χ0) is 12.0. The molecule has 1 aromatic heterocycles. The highest BCUT2D eigenvalue weighted by molar-refractivity contribution is 5.85. The number of carboxylic acid groups (broad SMARTS) is 1. The molecule has 0 fully saturated rings. The number of hydrogen-bond acceptors (Lipinski definition) is 5. The minimum atomic E-state index is -1.09. The Morgan fingerprint density at radius 3 is 3.00 bits per heavy atom. The van der Waals surface area contributed by atoms with Crippen molar-refractivity contribution in [3.63, 3.8) is 0 Å². The molecule has 3 N–H and O–H groups in total. The zero-order valence-corrected chi connectivity index (χ0v) is 9.14. The lowest BCUT2D eigenvalue weighted by Crippen LogP contribution is -2.21. The Kier molecular flexibility index (Phi) is 4.94. The lowest BCUT2D eigenvalue weighted by Gasteiger charge is -2.09. The zero-order valence-electron chi connectivity index (χ0n) is 9.14. The van der Waals surface area contributed by atoms with E-state index in [0.717, 1.165) is 13.0 Å². The molecule has 0 aliphatic carbocycles. The smallest absolute Gasteiger partial charge is 0.358 e. The first-order valence-electron chi connectivity index (χ1n) is 5.14. The van der Waals surface area contributed by atoms with E-state index in [2.05, 4.69) is 10.5 Å². The number of nitrogens with one attached hydrogen (secondary N) is 1. The summed E-state index contributed by atoms with van der Waals surface area (Å²) in [5.41, 5.74) is -0.0831. The van der Waals surface area contributed by atoms with Crippen LogP contribution in [0.15, 0.2) is 10.6 Å². The summed E-state index contributed by atoms with van der Waals surface area (Å²) in [5, 5.41) is 23.8. The monoisotopic (exact) mass is 228 g/mol. The average Bonchev–Trinajstić information content (AvgIpc) is 2.67. The molecule has 0 amide bonds. The van der Waals surface area contributed by atoms with E-state index in [1.165, 1.54) is 6.07 Å². The molecule has 0 bridgehead atoms. The molecule has 0 aromatic carbocycles. The van der Waals surface area contributed by atoms with Crippen molar-refractivity contribution in [2.75, 3.05) is 13.2 Å². The van der Waals surface area contributed by atoms with Crippen LogP contribution in [-0.2, 0) is 6.54 Å². The van der Waals surface area contributed by atoms with Gasteiger partial charge < -0.3 is 20.1 Å². The van der Waals surface area contributed by atoms with Crippen LogP contribution in [0.1, 0.15) is 29.6 Å². The van der Waals surface area contributed by atoms with E-state index in [9.17, 15) is 4.79 Å². The standard InChI is InChI=1S/C10H16N2O4/c1-7(2-3-13)5-11-6-8-4-9(10(14)15)12-16-8/h4,7,11,13H,2-3,5-6H2,1H3,(H,14,15). The van der Waals surface area contributed by atoms with E-state index in [-0.39, 0.29) is 12.3 Å². The van der Waals surface area contributed by atoms with E-state index >= 15 is 0 Å². The number of hydrogen-bond donors (Lipinski definition) is 3. The Morgan fingerprint density at radius 1 is 1.69 bits per heavy atom. The molecule has 1 aromatic rings. The second-order valence-corrected chi connectivity index (χ2v) is 3.73. The van der Waals surface area contributed by atoms with Gasteiger partial charge in [0.15, 0.2) is 11.5 Å². The fourth-order valence-electron chi connectivity index (χ4n) is 1.26. The van der Waals surface area contributed by atoms with Gasteiger partial charge in [-0.3, -0.25) is 0 Å². The number of aromatic carboxylic acids is 1. The van der Waals surface area contributed by atoms with Crippen molar-refractivity contribution in [3.8, 4) is 0 Å². The summed E-state index contributed by atoms with van der Waals surface area (Å²) in [6.45, 7) is 3.38. The van der Waals surface area contributed by atoms with E-state index in [1.807, 2.05) is 6.92 Å². The predicted molar refractivity (Wildman–Crippen MR) is 56.0 cm³/mol. The van der Waals surface area contributed by atoms with Gasteiger partial charge in [-0.25, -0.2) is 4.79 Å². The number of carbonyl (C=O) groups is 1. The summed E-state index contributed by atoms with van der Waals surface area (Å²) in [7, 11) is 0. The Labute approximate surface area is 93.3 Å². The van der Waals surface area contributed by atoms with Crippen molar-refractivity contribution in [2.24, 2.45) is 5.92 Å². The second-order valence-electron chi connectivity index (χ2n) is 3.73. The van der Waals surface area contributed by atoms with Crippen LogP contribution >= 0.6 is 0 Å². The molecule has 6 nitrogen and oxygen atoms in total. The van der Waals surface area contributed by atoms with Gasteiger partial charge in [-0.2, -0.15) is 0 Å². The topological polar surface area (TPSA) is 95.6 Å². The van der Waals surface area contributed by atoms with Crippen LogP contribution in [0.2, 0.25) is 0 Å². The average molecular weight is 228 g/mol. The Morgan fingerprint density at radius 2 is 2.44 bits per heavy atom. The maximum Gasteiger partial charge on any atom is 0.358 e. The van der Waals surface area contributed by atoms with Gasteiger partial charge in [0, 0.05) is 12.7 Å². The van der Waals surface area contributed by atoms with Crippen molar-refractivity contribution < 1.29 is 19.5 Å². The van der Waals surface area contributed by atoms with Crippen LogP contribution in [0.5, 0.6) is 0 Å². The first-order chi connectivity index (χ1) is 7.63. The molecule has 0 aliphatic rings. The minimum Gasteiger partial charge on any atom is -0.476 e. The van der Waals surface area contributed by atoms with Gasteiger partial charge in [0.2, 0.25) is 0 Å². The van der Waals surface area contributed by atoms with E-state index in [0.29, 0.717) is 18.2 Å². The number of aliphatic hydroxyl groups excluding tert-OH is 1. The third-order valence-corrected chi connectivity index (χ3v) is 2.19. The van der Waals surface area contributed by atoms with Crippen LogP contribution in [0.4, 0.5) is 0 Å². The van der Waals surface area contributed by atoms with Crippen molar-refractivity contribution in [1.29, 1.82) is 0 Å². The van der Waals surface area contributed by atoms with Crippen LogP contribution in [-0.4, -0.2) is 34.5 Å². The minimum absolute atomic E-state index is 0.0831. The van der Waals surface area contributed by atoms with Gasteiger partial charge >= 0.3 is 5.97 Å². The highest BCUT2D eigenvalue weighted by atomic mass is 16.5. The second kappa shape index (κ2) is 6.24. The summed E-state index contributed by atoms with van der Waals surface area (Å²) < 4.78 is 4.83. The number of rotatable bonds is 7. The SMILES string of the molecule is CC(CCO)CNCc1cc(C(=O)O)no1. The van der Waals surface area contributed by atoms with Gasteiger partial charge in [-0.1, -0.05) is 12.1 Å². The molecule has 90 valence electrons. The van der Waals surface area contributed by atoms with Gasteiger partial charge in [-0.05, 0) is 18.9 Å². The molecule has 16 heavy (non-hydrogen) atoms. The molecule has 1 rings (SSSR count). The van der Waals surface area contributed by atoms with Crippen LogP contribution < -0.4 is 5.32 Å². The molecule has 1 atom stereocenters. The summed E-state index contributed by atoms with van der Waals surface area (Å²) in [6.07, 6.45) is 0.740. The van der Waals surface area contributed by atoms with Crippen LogP contribution in [0, 0.1) is 5.92 Å². The molecular formula is C10H16N2O4. The first-order valence-corrected chi connectivity index (χ1v) is 5.14. The van der Waals surface area contributed by atoms with Crippen LogP contribution in [0.3, 0.4) is 0 Å². The largest absolute Gasteiger partial charge is 0.476 e. The third-order valence-electron chi connectivity index (χ3n) is 2.19. The predicted octanol–water partition coefficient (Wildman–Crippen LogP) is 0.481. The summed E-state index contributed by atoms with van der Waals surface area (Å²) in [4.78, 5) is 10.5. The normalized spacial score (nSPS) is 12.6. The van der Waals surface area contributed by atoms with Crippen molar-refractivity contribution in [3.05, 3.63) is 17.5 Å². The van der Waals surface area contributed by atoms with Crippen molar-refractivity contribution >= 4 is 5.97 Å². The van der Waals surface area contributed by atoms with Gasteiger partial charge in [0.1, 0.15) is 0 Å². The number of nitrogens with zero attached hydrogens (tertiary/aromatic N) is 1. The maximum absolute atomic E-state index is 10.5. The third kappa shape index (κ3) is 4.00. The first kappa shape index (κ1) is 12.7. The Hall–Kier alpha value is -1.40. The fourth-order valence-corrected chi connectivity index (χ4v) is 1.26. The fraction of sp³-hybridized carbons (Fsp3) is 0.600. The number of aliphatic hydroxyl groups is 1. The van der Waals surface area contributed by atoms with Gasteiger partial charge in [-0.15, -0.1) is 0 Å². The van der Waals surface area contributed by atoms with Crippen molar-refractivity contribution in [1.82, 2.24) is 10.5 Å². The number of aromatic nitrogens is 1. The molecule has 0 aliphatic heterocycles. The molecule has 0 saturated carbocycles. The lowest BCUT2D eigenvalue weighted by atomic mass is 10.1. The van der Waals surface area contributed by atoms with Gasteiger partial charge in [0.05, 0.1) is 6.54 Å². The molecule has 0 saturated heterocycles. The van der Waals surface area contributed by atoms with E-state index in [4.69, 9.17) is 14.7 Å².